The number of para-hydroxylation sites is 2. The van der Waals surface area contributed by atoms with Crippen molar-refractivity contribution in [2.24, 2.45) is 0 Å². The van der Waals surface area contributed by atoms with E-state index in [0.717, 1.165) is 0 Å². The number of carboxylic acids is 1. The Hall–Kier alpha value is -2.76. The number of hydrogen-bond donors (Lipinski definition) is 1. The third-order valence-electron chi connectivity index (χ3n) is 2.78. The molecule has 0 radical (unpaired) electrons. The highest BCUT2D eigenvalue weighted by atomic mass is 16.5. The van der Waals surface area contributed by atoms with Crippen LogP contribution in [-0.4, -0.2) is 31.1 Å². The normalized spacial score (nSPS) is 10.1. The molecule has 104 valence electrons. The largest absolute Gasteiger partial charge is 0.495 e. The second kappa shape index (κ2) is 5.48. The molecule has 20 heavy (non-hydrogen) atoms. The van der Waals surface area contributed by atoms with E-state index in [-0.39, 0.29) is 11.5 Å². The van der Waals surface area contributed by atoms with Gasteiger partial charge in [-0.2, -0.15) is 0 Å². The molecule has 2 rings (SSSR count). The summed E-state index contributed by atoms with van der Waals surface area (Å²) in [5.74, 6) is -1.46. The predicted molar refractivity (Wildman–Crippen MR) is 71.4 cm³/mol. The molecule has 1 N–H and O–H groups in total. The number of carbonyl (C=O) groups is 2. The Morgan fingerprint density at radius 1 is 1.15 bits per heavy atom. The van der Waals surface area contributed by atoms with E-state index in [4.69, 9.17) is 14.3 Å². The minimum absolute atomic E-state index is 0.0455. The molecular weight excluding hydrogens is 262 g/mol. The molecule has 0 aliphatic rings. The van der Waals surface area contributed by atoms with E-state index in [1.807, 2.05) is 0 Å². The highest BCUT2D eigenvalue weighted by Crippen LogP contribution is 2.27. The van der Waals surface area contributed by atoms with Gasteiger partial charge in [0.05, 0.1) is 12.8 Å². The third kappa shape index (κ3) is 2.49. The smallest absolute Gasteiger partial charge is 0.371 e. The molecule has 1 aromatic carbocycles. The third-order valence-corrected chi connectivity index (χ3v) is 2.78. The summed E-state index contributed by atoms with van der Waals surface area (Å²) in [6, 6.07) is 9.58. The van der Waals surface area contributed by atoms with Crippen LogP contribution in [-0.2, 0) is 0 Å². The summed E-state index contributed by atoms with van der Waals surface area (Å²) in [6.45, 7) is 0. The molecule has 0 aliphatic carbocycles. The van der Waals surface area contributed by atoms with Crippen molar-refractivity contribution >= 4 is 17.6 Å². The van der Waals surface area contributed by atoms with Gasteiger partial charge in [-0.3, -0.25) is 4.79 Å². The summed E-state index contributed by atoms with van der Waals surface area (Å²) in [5.41, 5.74) is 0.563. The molecule has 6 nitrogen and oxygen atoms in total. The minimum Gasteiger partial charge on any atom is -0.495 e. The van der Waals surface area contributed by atoms with E-state index in [1.165, 1.54) is 24.1 Å². The van der Waals surface area contributed by atoms with Crippen molar-refractivity contribution in [3.8, 4) is 5.75 Å². The van der Waals surface area contributed by atoms with Crippen LogP contribution in [0.3, 0.4) is 0 Å². The lowest BCUT2D eigenvalue weighted by molar-refractivity contribution is 0.0660. The standard InChI is InChI=1S/C14H13NO5/c1-15(9-5-3-4-6-10(9)19-2)13(16)11-7-8-12(20-11)14(17)18/h3-8H,1-2H3,(H,17,18). The van der Waals surface area contributed by atoms with E-state index >= 15 is 0 Å². The maximum atomic E-state index is 12.2. The first kappa shape index (κ1) is 13.7. The maximum Gasteiger partial charge on any atom is 0.371 e. The zero-order valence-corrected chi connectivity index (χ0v) is 11.0. The summed E-state index contributed by atoms with van der Waals surface area (Å²) < 4.78 is 10.2. The number of aromatic carboxylic acids is 1. The van der Waals surface area contributed by atoms with Crippen LogP contribution >= 0.6 is 0 Å². The van der Waals surface area contributed by atoms with Crippen molar-refractivity contribution in [2.75, 3.05) is 19.1 Å². The van der Waals surface area contributed by atoms with Gasteiger partial charge in [-0.25, -0.2) is 4.79 Å². The Morgan fingerprint density at radius 3 is 2.40 bits per heavy atom. The van der Waals surface area contributed by atoms with E-state index in [0.29, 0.717) is 11.4 Å². The van der Waals surface area contributed by atoms with Gasteiger partial charge in [0.25, 0.3) is 5.91 Å². The quantitative estimate of drug-likeness (QED) is 0.925. The lowest BCUT2D eigenvalue weighted by Gasteiger charge is -2.18. The van der Waals surface area contributed by atoms with Crippen LogP contribution in [0.2, 0.25) is 0 Å². The number of methoxy groups -OCH3 is 1. The maximum absolute atomic E-state index is 12.2. The molecule has 0 saturated carbocycles. The Morgan fingerprint density at radius 2 is 1.80 bits per heavy atom. The molecule has 1 heterocycles. The van der Waals surface area contributed by atoms with Gasteiger partial charge in [0.15, 0.2) is 5.76 Å². The Kier molecular flexibility index (Phi) is 3.74. The average molecular weight is 275 g/mol. The molecule has 0 spiro atoms. The molecule has 0 atom stereocenters. The predicted octanol–water partition coefficient (Wildman–Crippen LogP) is 2.26. The lowest BCUT2D eigenvalue weighted by atomic mass is 10.2. The molecule has 2 aromatic rings. The van der Waals surface area contributed by atoms with Crippen molar-refractivity contribution in [2.45, 2.75) is 0 Å². The first-order valence-corrected chi connectivity index (χ1v) is 5.78. The van der Waals surface area contributed by atoms with Crippen LogP contribution in [0.1, 0.15) is 21.1 Å². The summed E-state index contributed by atoms with van der Waals surface area (Å²) in [7, 11) is 3.07. The second-order valence-corrected chi connectivity index (χ2v) is 4.01. The van der Waals surface area contributed by atoms with Crippen LogP contribution in [0.4, 0.5) is 5.69 Å². The number of nitrogens with zero attached hydrogens (tertiary/aromatic N) is 1. The van der Waals surface area contributed by atoms with Crippen molar-refractivity contribution in [3.05, 3.63) is 47.9 Å². The summed E-state index contributed by atoms with van der Waals surface area (Å²) in [4.78, 5) is 24.3. The van der Waals surface area contributed by atoms with Crippen molar-refractivity contribution in [1.82, 2.24) is 0 Å². The molecule has 0 unspecified atom stereocenters. The molecule has 0 aliphatic heterocycles. The zero-order valence-electron chi connectivity index (χ0n) is 11.0. The number of carbonyl (C=O) groups excluding carboxylic acids is 1. The number of ether oxygens (including phenoxy) is 1. The highest BCUT2D eigenvalue weighted by Gasteiger charge is 2.21. The van der Waals surface area contributed by atoms with Crippen molar-refractivity contribution in [1.29, 1.82) is 0 Å². The Bertz CT molecular complexity index is 647. The first-order chi connectivity index (χ1) is 9.54. The van der Waals surface area contributed by atoms with Crippen molar-refractivity contribution in [3.63, 3.8) is 0 Å². The van der Waals surface area contributed by atoms with Crippen LogP contribution < -0.4 is 9.64 Å². The van der Waals surface area contributed by atoms with Gasteiger partial charge in [-0.15, -0.1) is 0 Å². The van der Waals surface area contributed by atoms with Gasteiger partial charge in [0.1, 0.15) is 5.75 Å². The molecule has 0 fully saturated rings. The number of hydrogen-bond acceptors (Lipinski definition) is 4. The molecule has 0 bridgehead atoms. The van der Waals surface area contributed by atoms with Crippen LogP contribution in [0.15, 0.2) is 40.8 Å². The van der Waals surface area contributed by atoms with Crippen LogP contribution in [0.25, 0.3) is 0 Å². The molecule has 1 aromatic heterocycles. The Labute approximate surface area is 115 Å². The number of rotatable bonds is 4. The first-order valence-electron chi connectivity index (χ1n) is 5.78. The fraction of sp³-hybridized carbons (Fsp3) is 0.143. The Balaban J connectivity index is 2.30. The fourth-order valence-electron chi connectivity index (χ4n) is 1.75. The molecule has 6 heteroatoms. The monoisotopic (exact) mass is 275 g/mol. The molecular formula is C14H13NO5. The fourth-order valence-corrected chi connectivity index (χ4v) is 1.75. The van der Waals surface area contributed by atoms with Gasteiger partial charge in [-0.05, 0) is 24.3 Å². The molecule has 1 amide bonds. The van der Waals surface area contributed by atoms with E-state index in [2.05, 4.69) is 0 Å². The summed E-state index contributed by atoms with van der Waals surface area (Å²) >= 11 is 0. The lowest BCUT2D eigenvalue weighted by Crippen LogP contribution is -2.26. The van der Waals surface area contributed by atoms with Crippen LogP contribution in [0.5, 0.6) is 5.75 Å². The summed E-state index contributed by atoms with van der Waals surface area (Å²) in [6.07, 6.45) is 0. The van der Waals surface area contributed by atoms with Gasteiger partial charge >= 0.3 is 5.97 Å². The SMILES string of the molecule is COc1ccccc1N(C)C(=O)c1ccc(C(=O)O)o1. The summed E-state index contributed by atoms with van der Waals surface area (Å²) in [5, 5.41) is 8.78. The van der Waals surface area contributed by atoms with Crippen LogP contribution in [0, 0.1) is 0 Å². The van der Waals surface area contributed by atoms with E-state index in [1.54, 1.807) is 31.3 Å². The highest BCUT2D eigenvalue weighted by molar-refractivity contribution is 6.05. The topological polar surface area (TPSA) is 80.0 Å². The van der Waals surface area contributed by atoms with E-state index < -0.39 is 11.9 Å². The molecule has 0 saturated heterocycles. The number of benzene rings is 1. The number of furan rings is 1. The van der Waals surface area contributed by atoms with Crippen molar-refractivity contribution < 1.29 is 23.8 Å². The van der Waals surface area contributed by atoms with Gasteiger partial charge in [0.2, 0.25) is 5.76 Å². The van der Waals surface area contributed by atoms with E-state index in [9.17, 15) is 9.59 Å². The average Bonchev–Trinajstić information content (AvgIpc) is 2.95. The number of carboxylic acid groups (broad SMARTS) is 1. The van der Waals surface area contributed by atoms with Gasteiger partial charge in [-0.1, -0.05) is 12.1 Å². The van der Waals surface area contributed by atoms with Gasteiger partial charge < -0.3 is 19.2 Å². The zero-order chi connectivity index (χ0) is 14.7. The number of anilines is 1. The minimum atomic E-state index is -1.22. The number of amides is 1. The second-order valence-electron chi connectivity index (χ2n) is 4.01. The van der Waals surface area contributed by atoms with Gasteiger partial charge in [0, 0.05) is 7.05 Å².